The molecule has 0 saturated carbocycles. The molecule has 110 valence electrons. The van der Waals surface area contributed by atoms with Crippen molar-refractivity contribution in [1.29, 1.82) is 0 Å². The monoisotopic (exact) mass is 285 g/mol. The van der Waals surface area contributed by atoms with Gasteiger partial charge in [0.15, 0.2) is 8.32 Å². The normalized spacial score (nSPS) is 25.5. The number of nitrogens with one attached hydrogen (secondary N) is 1. The van der Waals surface area contributed by atoms with Crippen LogP contribution in [0.4, 0.5) is 0 Å². The highest BCUT2D eigenvalue weighted by molar-refractivity contribution is 6.74. The van der Waals surface area contributed by atoms with Crippen LogP contribution in [0.25, 0.3) is 0 Å². The molecule has 1 N–H and O–H groups in total. The fourth-order valence-corrected chi connectivity index (χ4v) is 3.29. The van der Waals surface area contributed by atoms with Gasteiger partial charge in [-0.15, -0.1) is 6.58 Å². The molecule has 1 heterocycles. The SMILES string of the molecule is C=CCO[C@H]1NC(=O)[C@@H]1C(C)O[Si](C)(C)C(C)(C)C. The lowest BCUT2D eigenvalue weighted by atomic mass is 9.93. The predicted octanol–water partition coefficient (Wildman–Crippen LogP) is 2.67. The number of hydrogen-bond acceptors (Lipinski definition) is 3. The zero-order chi connectivity index (χ0) is 14.8. The lowest BCUT2D eigenvalue weighted by molar-refractivity contribution is -0.160. The number of hydrogen-bond donors (Lipinski definition) is 1. The number of carbonyl (C=O) groups is 1. The Morgan fingerprint density at radius 2 is 2.05 bits per heavy atom. The quantitative estimate of drug-likeness (QED) is 0.464. The van der Waals surface area contributed by atoms with Gasteiger partial charge in [-0.05, 0) is 25.1 Å². The summed E-state index contributed by atoms with van der Waals surface area (Å²) in [6, 6.07) is 0. The van der Waals surface area contributed by atoms with E-state index in [1.54, 1.807) is 6.08 Å². The third-order valence-electron chi connectivity index (χ3n) is 4.10. The molecule has 0 bridgehead atoms. The summed E-state index contributed by atoms with van der Waals surface area (Å²) in [5.41, 5.74) is 0. The summed E-state index contributed by atoms with van der Waals surface area (Å²) in [5.74, 6) is -0.200. The highest BCUT2D eigenvalue weighted by Gasteiger charge is 2.47. The lowest BCUT2D eigenvalue weighted by Crippen LogP contribution is -2.64. The first-order valence-corrected chi connectivity index (χ1v) is 9.71. The molecule has 4 nitrogen and oxygen atoms in total. The van der Waals surface area contributed by atoms with Crippen molar-refractivity contribution < 1.29 is 14.0 Å². The van der Waals surface area contributed by atoms with Crippen molar-refractivity contribution in [2.24, 2.45) is 5.92 Å². The van der Waals surface area contributed by atoms with Crippen molar-refractivity contribution in [2.45, 2.75) is 58.2 Å². The third-order valence-corrected chi connectivity index (χ3v) is 8.67. The Morgan fingerprint density at radius 1 is 1.47 bits per heavy atom. The fourth-order valence-electron chi connectivity index (χ4n) is 1.86. The Balaban J connectivity index is 2.64. The van der Waals surface area contributed by atoms with Gasteiger partial charge in [0.05, 0.1) is 12.7 Å². The van der Waals surface area contributed by atoms with Crippen LogP contribution in [0, 0.1) is 5.92 Å². The Bertz CT molecular complexity index is 349. The topological polar surface area (TPSA) is 47.6 Å². The minimum absolute atomic E-state index is 0.0141. The molecule has 0 aromatic heterocycles. The predicted molar refractivity (Wildman–Crippen MR) is 79.3 cm³/mol. The van der Waals surface area contributed by atoms with E-state index in [9.17, 15) is 4.79 Å². The van der Waals surface area contributed by atoms with E-state index in [4.69, 9.17) is 9.16 Å². The Labute approximate surface area is 117 Å². The van der Waals surface area contributed by atoms with E-state index in [1.165, 1.54) is 0 Å². The number of β-lactam (4-membered cyclic amide) rings is 1. The molecule has 1 fully saturated rings. The molecule has 1 aliphatic rings. The van der Waals surface area contributed by atoms with E-state index in [-0.39, 0.29) is 29.2 Å². The standard InChI is InChI=1S/C14H27NO3Si/c1-8-9-17-13-11(12(16)15-13)10(2)18-19(6,7)14(3,4)5/h8,10-11,13H,1,9H2,2-7H3,(H,15,16)/t10?,11-,13+/m0/s1. The van der Waals surface area contributed by atoms with Gasteiger partial charge in [0.25, 0.3) is 0 Å². The van der Waals surface area contributed by atoms with E-state index in [2.05, 4.69) is 45.8 Å². The summed E-state index contributed by atoms with van der Waals surface area (Å²) in [6.07, 6.45) is 1.32. The molecule has 3 atom stereocenters. The minimum atomic E-state index is -1.86. The number of carbonyl (C=O) groups excluding carboxylic acids is 1. The number of ether oxygens (including phenoxy) is 1. The molecule has 1 unspecified atom stereocenters. The zero-order valence-electron chi connectivity index (χ0n) is 12.9. The van der Waals surface area contributed by atoms with Crippen molar-refractivity contribution in [3.05, 3.63) is 12.7 Å². The molecule has 0 aromatic rings. The third kappa shape index (κ3) is 3.67. The number of rotatable bonds is 6. The molecule has 0 radical (unpaired) electrons. The number of amides is 1. The maximum absolute atomic E-state index is 11.7. The smallest absolute Gasteiger partial charge is 0.232 e. The van der Waals surface area contributed by atoms with Gasteiger partial charge in [0.1, 0.15) is 12.1 Å². The summed E-state index contributed by atoms with van der Waals surface area (Å²) in [6.45, 7) is 17.0. The second-order valence-corrected chi connectivity index (χ2v) is 11.4. The van der Waals surface area contributed by atoms with Crippen LogP contribution in [0.3, 0.4) is 0 Å². The van der Waals surface area contributed by atoms with Crippen LogP contribution < -0.4 is 5.32 Å². The molecule has 0 spiro atoms. The van der Waals surface area contributed by atoms with E-state index >= 15 is 0 Å². The summed E-state index contributed by atoms with van der Waals surface area (Å²) < 4.78 is 11.8. The minimum Gasteiger partial charge on any atom is -0.413 e. The van der Waals surface area contributed by atoms with Crippen molar-refractivity contribution in [1.82, 2.24) is 5.32 Å². The van der Waals surface area contributed by atoms with E-state index in [1.807, 2.05) is 6.92 Å². The van der Waals surface area contributed by atoms with Crippen LogP contribution in [-0.2, 0) is 14.0 Å². The van der Waals surface area contributed by atoms with Crippen molar-refractivity contribution in [3.63, 3.8) is 0 Å². The van der Waals surface area contributed by atoms with E-state index in [0.29, 0.717) is 6.61 Å². The molecule has 0 aliphatic carbocycles. The van der Waals surface area contributed by atoms with Crippen molar-refractivity contribution in [3.8, 4) is 0 Å². The largest absolute Gasteiger partial charge is 0.413 e. The van der Waals surface area contributed by atoms with Gasteiger partial charge in [-0.2, -0.15) is 0 Å². The molecular weight excluding hydrogens is 258 g/mol. The summed E-state index contributed by atoms with van der Waals surface area (Å²) in [4.78, 5) is 11.7. The molecule has 1 aliphatic heterocycles. The van der Waals surface area contributed by atoms with Crippen LogP contribution in [0.15, 0.2) is 12.7 Å². The summed E-state index contributed by atoms with van der Waals surface area (Å²) >= 11 is 0. The second kappa shape index (κ2) is 5.77. The van der Waals surface area contributed by atoms with Gasteiger partial charge in [0.2, 0.25) is 5.91 Å². The maximum atomic E-state index is 11.7. The van der Waals surface area contributed by atoms with Gasteiger partial charge in [0, 0.05) is 0 Å². The average Bonchev–Trinajstić information content (AvgIpc) is 2.20. The maximum Gasteiger partial charge on any atom is 0.232 e. The van der Waals surface area contributed by atoms with Gasteiger partial charge in [-0.25, -0.2) is 0 Å². The molecule has 0 aromatic carbocycles. The van der Waals surface area contributed by atoms with Crippen LogP contribution >= 0.6 is 0 Å². The van der Waals surface area contributed by atoms with Crippen molar-refractivity contribution in [2.75, 3.05) is 6.61 Å². The Morgan fingerprint density at radius 3 is 2.47 bits per heavy atom. The molecule has 5 heteroatoms. The van der Waals surface area contributed by atoms with Gasteiger partial charge in [-0.1, -0.05) is 26.8 Å². The lowest BCUT2D eigenvalue weighted by Gasteiger charge is -2.44. The molecule has 19 heavy (non-hydrogen) atoms. The molecule has 1 saturated heterocycles. The highest BCUT2D eigenvalue weighted by atomic mass is 28.4. The Kier molecular flexibility index (Phi) is 4.98. The van der Waals surface area contributed by atoms with Gasteiger partial charge >= 0.3 is 0 Å². The first kappa shape index (κ1) is 16.4. The molecule has 1 amide bonds. The van der Waals surface area contributed by atoms with Gasteiger partial charge in [-0.3, -0.25) is 4.79 Å². The van der Waals surface area contributed by atoms with Crippen LogP contribution in [0.2, 0.25) is 18.1 Å². The Hall–Kier alpha value is -0.653. The molecule has 1 rings (SSSR count). The average molecular weight is 285 g/mol. The first-order valence-electron chi connectivity index (χ1n) is 6.81. The van der Waals surface area contributed by atoms with Crippen LogP contribution in [-0.4, -0.2) is 33.2 Å². The van der Waals surface area contributed by atoms with Crippen LogP contribution in [0.1, 0.15) is 27.7 Å². The molecular formula is C14H27NO3Si. The fraction of sp³-hybridized carbons (Fsp3) is 0.786. The first-order chi connectivity index (χ1) is 8.60. The van der Waals surface area contributed by atoms with Crippen LogP contribution in [0.5, 0.6) is 0 Å². The highest BCUT2D eigenvalue weighted by Crippen LogP contribution is 2.39. The summed E-state index contributed by atoms with van der Waals surface area (Å²) in [7, 11) is -1.86. The van der Waals surface area contributed by atoms with Gasteiger partial charge < -0.3 is 14.5 Å². The second-order valence-electron chi connectivity index (χ2n) is 6.66. The van der Waals surface area contributed by atoms with Crippen molar-refractivity contribution >= 4 is 14.2 Å². The van der Waals surface area contributed by atoms with E-state index in [0.717, 1.165) is 0 Å². The zero-order valence-corrected chi connectivity index (χ0v) is 13.9. The summed E-state index contributed by atoms with van der Waals surface area (Å²) in [5, 5.41) is 2.90. The van der Waals surface area contributed by atoms with E-state index < -0.39 is 8.32 Å².